The van der Waals surface area contributed by atoms with Gasteiger partial charge in [0.15, 0.2) is 0 Å². The van der Waals surface area contributed by atoms with Gasteiger partial charge >= 0.3 is 23.9 Å². The third kappa shape index (κ3) is 25.0. The molecule has 9 heteroatoms. The van der Waals surface area contributed by atoms with Crippen molar-refractivity contribution in [3.8, 4) is 0 Å². The van der Waals surface area contributed by atoms with Gasteiger partial charge in [0, 0.05) is 29.1 Å². The van der Waals surface area contributed by atoms with E-state index in [0.717, 1.165) is 12.8 Å². The number of unbranched alkanes of at least 4 members (excludes halogenated alkanes) is 15. The van der Waals surface area contributed by atoms with Crippen molar-refractivity contribution < 1.29 is 44.6 Å². The first-order valence-corrected chi connectivity index (χ1v) is 21.6. The molecule has 0 aromatic heterocycles. The Kier molecular flexibility index (Phi) is 30.9. The predicted octanol–water partition coefficient (Wildman–Crippen LogP) is 11.9. The number of hydrogen-bond donors (Lipinski definition) is 1. The summed E-state index contributed by atoms with van der Waals surface area (Å²) >= 11 is 0. The van der Waals surface area contributed by atoms with E-state index in [4.69, 9.17) is 16.0 Å². The van der Waals surface area contributed by atoms with Gasteiger partial charge in [0.05, 0.1) is 19.8 Å². The van der Waals surface area contributed by atoms with Gasteiger partial charge in [-0.25, -0.2) is 19.2 Å². The lowest BCUT2D eigenvalue weighted by molar-refractivity contribution is -0.152. The van der Waals surface area contributed by atoms with Gasteiger partial charge in [0.1, 0.15) is 12.7 Å². The zero-order chi connectivity index (χ0) is 44.6. The molecule has 2 bridgehead atoms. The smallest absolute Gasteiger partial charge is 0.333 e. The van der Waals surface area contributed by atoms with E-state index in [0.29, 0.717) is 40.2 Å². The molecule has 0 aliphatic heterocycles. The van der Waals surface area contributed by atoms with Crippen molar-refractivity contribution in [3.05, 3.63) is 48.6 Å². The number of ether oxygens (including phenoxy) is 4. The second kappa shape index (κ2) is 32.7. The number of aliphatic hydroxyl groups excluding tert-OH is 1. The van der Waals surface area contributed by atoms with Crippen LogP contribution in [0.15, 0.2) is 48.6 Å². The third-order valence-electron chi connectivity index (χ3n) is 11.1. The van der Waals surface area contributed by atoms with Crippen LogP contribution in [0.3, 0.4) is 0 Å². The normalized spacial score (nSPS) is 18.4. The van der Waals surface area contributed by atoms with E-state index in [1.807, 2.05) is 0 Å². The molecule has 330 valence electrons. The predicted molar refractivity (Wildman–Crippen MR) is 234 cm³/mol. The largest absolute Gasteiger partial charge is 0.463 e. The molecular formula is C48H84O9. The number of aliphatic hydroxyl groups is 1. The first-order chi connectivity index (χ1) is 27.3. The van der Waals surface area contributed by atoms with Crippen LogP contribution in [0.4, 0.5) is 0 Å². The second-order valence-electron chi connectivity index (χ2n) is 16.6. The van der Waals surface area contributed by atoms with Gasteiger partial charge in [0.2, 0.25) is 0 Å². The van der Waals surface area contributed by atoms with Crippen LogP contribution >= 0.6 is 0 Å². The minimum Gasteiger partial charge on any atom is -0.463 e. The Balaban J connectivity index is 0. The van der Waals surface area contributed by atoms with Crippen LogP contribution in [-0.2, 0) is 38.1 Å². The van der Waals surface area contributed by atoms with Crippen molar-refractivity contribution in [3.63, 3.8) is 0 Å². The maximum Gasteiger partial charge on any atom is 0.333 e. The molecule has 57 heavy (non-hydrogen) atoms. The molecule has 2 rings (SSSR count). The molecule has 2 fully saturated rings. The molecule has 2 aliphatic carbocycles. The molecule has 2 saturated carbocycles. The Labute approximate surface area is 349 Å². The molecular weight excluding hydrogens is 721 g/mol. The Hall–Kier alpha value is -3.20. The van der Waals surface area contributed by atoms with Crippen molar-refractivity contribution in [2.45, 2.75) is 190 Å². The Morgan fingerprint density at radius 3 is 1.33 bits per heavy atom. The minimum atomic E-state index is -0.455. The Bertz CT molecular complexity index is 1210. The second-order valence-corrected chi connectivity index (χ2v) is 16.6. The van der Waals surface area contributed by atoms with E-state index in [1.54, 1.807) is 27.7 Å². The molecule has 0 radical (unpaired) electrons. The van der Waals surface area contributed by atoms with Crippen molar-refractivity contribution in [2.24, 2.45) is 16.7 Å². The molecule has 0 amide bonds. The minimum absolute atomic E-state index is 0.0473. The maximum atomic E-state index is 11.6. The first kappa shape index (κ1) is 53.8. The zero-order valence-electron chi connectivity index (χ0n) is 38.7. The molecule has 0 spiro atoms. The van der Waals surface area contributed by atoms with Gasteiger partial charge in [-0.1, -0.05) is 150 Å². The monoisotopic (exact) mass is 806 g/mol. The molecule has 0 aromatic rings. The average molecular weight is 806 g/mol. The quantitative estimate of drug-likeness (QED) is 0.0415. The van der Waals surface area contributed by atoms with Gasteiger partial charge in [-0.15, -0.1) is 0 Å². The highest BCUT2D eigenvalue weighted by molar-refractivity contribution is 5.88. The van der Waals surface area contributed by atoms with Crippen molar-refractivity contribution >= 4 is 23.9 Å². The van der Waals surface area contributed by atoms with E-state index < -0.39 is 11.9 Å². The number of carbonyl (C=O) groups is 4. The molecule has 0 saturated heterocycles. The van der Waals surface area contributed by atoms with Crippen LogP contribution in [0.5, 0.6) is 0 Å². The molecule has 0 heterocycles. The fourth-order valence-corrected chi connectivity index (χ4v) is 6.95. The number of esters is 4. The van der Waals surface area contributed by atoms with Crippen molar-refractivity contribution in [1.29, 1.82) is 0 Å². The van der Waals surface area contributed by atoms with E-state index in [2.05, 4.69) is 63.5 Å². The van der Waals surface area contributed by atoms with E-state index in [-0.39, 0.29) is 50.2 Å². The van der Waals surface area contributed by atoms with Crippen LogP contribution in [0, 0.1) is 16.7 Å². The molecule has 1 N–H and O–H groups in total. The summed E-state index contributed by atoms with van der Waals surface area (Å²) in [6.07, 6.45) is 25.3. The van der Waals surface area contributed by atoms with Gasteiger partial charge < -0.3 is 24.1 Å². The standard InChI is InChI=1S/C22H42O2.C14H22O2.C6H10O3.C6H10O2/c1-4-5-6-7-8-9-10-11-12-13-14-15-16-17-18-19-20-24-22(23)21(2)3;1-9(2)12(15)16-11-8-10-6-7-14(11,5)13(10,3)4;1-5(2)6(8)9-4-3-7;1-4-8-6(7)5(2)3/h2,4-20H2,1,3H3;10-11H,1,6-8H2,2-5H3;7H,1,3-4H2,2H3;2,4H2,1,3H3/i;;;1D. The van der Waals surface area contributed by atoms with Gasteiger partial charge in [-0.2, -0.15) is 0 Å². The number of carbonyl (C=O) groups excluding carboxylic acids is 4. The van der Waals surface area contributed by atoms with Crippen LogP contribution in [0.2, 0.25) is 0 Å². The Morgan fingerprint density at radius 1 is 0.614 bits per heavy atom. The van der Waals surface area contributed by atoms with Crippen molar-refractivity contribution in [2.75, 3.05) is 26.4 Å². The highest BCUT2D eigenvalue weighted by atomic mass is 16.6. The molecule has 0 aromatic carbocycles. The summed E-state index contributed by atoms with van der Waals surface area (Å²) in [5, 5.41) is 8.19. The molecule has 3 unspecified atom stereocenters. The summed E-state index contributed by atoms with van der Waals surface area (Å²) in [5.41, 5.74) is 2.18. The summed E-state index contributed by atoms with van der Waals surface area (Å²) in [6.45, 7) is 30.4. The lowest BCUT2D eigenvalue weighted by Gasteiger charge is -2.38. The highest BCUT2D eigenvalue weighted by Gasteiger charge is 2.62. The van der Waals surface area contributed by atoms with Crippen LogP contribution in [0.25, 0.3) is 0 Å². The lowest BCUT2D eigenvalue weighted by Crippen LogP contribution is -2.38. The number of fused-ring (bicyclic) bond motifs is 2. The lowest BCUT2D eigenvalue weighted by atomic mass is 9.70. The van der Waals surface area contributed by atoms with E-state index in [9.17, 15) is 19.2 Å². The maximum absolute atomic E-state index is 11.6. The van der Waals surface area contributed by atoms with Crippen molar-refractivity contribution in [1.82, 2.24) is 0 Å². The summed E-state index contributed by atoms with van der Waals surface area (Å²) in [5.74, 6) is -0.641. The third-order valence-corrected chi connectivity index (χ3v) is 11.1. The fraction of sp³-hybridized carbons (Fsp3) is 0.750. The topological polar surface area (TPSA) is 125 Å². The number of rotatable bonds is 25. The first-order valence-electron chi connectivity index (χ1n) is 22.3. The summed E-state index contributed by atoms with van der Waals surface area (Å²) in [7, 11) is 0. The summed E-state index contributed by atoms with van der Waals surface area (Å²) < 4.78 is 26.3. The van der Waals surface area contributed by atoms with Gasteiger partial charge in [-0.05, 0) is 71.6 Å². The van der Waals surface area contributed by atoms with E-state index >= 15 is 0 Å². The molecule has 9 nitrogen and oxygen atoms in total. The van der Waals surface area contributed by atoms with Gasteiger partial charge in [0.25, 0.3) is 0 Å². The SMILES string of the molecule is C=C(C)C(=O)OC1CC2CCC1(C)C2(C)C.C=C(C)C(=O)OCCCCCCCCCCCCCCCCCC.C=C(C)C(=O)OCCO.[2H]CCOC(=O)C(=C)C. The number of hydrogen-bond acceptors (Lipinski definition) is 9. The van der Waals surface area contributed by atoms with Gasteiger partial charge in [-0.3, -0.25) is 0 Å². The molecule has 3 atom stereocenters. The fourth-order valence-electron chi connectivity index (χ4n) is 6.95. The van der Waals surface area contributed by atoms with Crippen LogP contribution in [-0.4, -0.2) is 61.5 Å². The molecule has 2 aliphatic rings. The average Bonchev–Trinajstić information content (AvgIpc) is 3.51. The Morgan fingerprint density at radius 2 is 1.00 bits per heavy atom. The highest BCUT2D eigenvalue weighted by Crippen LogP contribution is 2.66. The summed E-state index contributed by atoms with van der Waals surface area (Å²) in [6, 6.07) is 0. The summed E-state index contributed by atoms with van der Waals surface area (Å²) in [4.78, 5) is 43.8. The van der Waals surface area contributed by atoms with Crippen LogP contribution < -0.4 is 0 Å². The zero-order valence-corrected chi connectivity index (χ0v) is 37.7. The van der Waals surface area contributed by atoms with Crippen LogP contribution in [0.1, 0.15) is 186 Å². The van der Waals surface area contributed by atoms with E-state index in [1.165, 1.54) is 109 Å².